The van der Waals surface area contributed by atoms with Crippen LogP contribution in [-0.4, -0.2) is 13.2 Å². The summed E-state index contributed by atoms with van der Waals surface area (Å²) in [4.78, 5) is 0. The molecule has 2 nitrogen and oxygen atoms in total. The molecule has 0 radical (unpaired) electrons. The average Bonchev–Trinajstić information content (AvgIpc) is 2.87. The van der Waals surface area contributed by atoms with Crippen molar-refractivity contribution in [3.05, 3.63) is 54.1 Å². The second-order valence-corrected chi connectivity index (χ2v) is 5.76. The number of thiophene rings is 1. The maximum atomic E-state index is 3.43. The van der Waals surface area contributed by atoms with Gasteiger partial charge in [-0.05, 0) is 12.1 Å². The van der Waals surface area contributed by atoms with Gasteiger partial charge in [0.15, 0.2) is 0 Å². The van der Waals surface area contributed by atoms with Crippen LogP contribution >= 0.6 is 11.3 Å². The van der Waals surface area contributed by atoms with Gasteiger partial charge in [0.1, 0.15) is 0 Å². The fraction of sp³-hybridized carbons (Fsp3) is 0.125. The molecule has 0 amide bonds. The predicted molar refractivity (Wildman–Crippen MR) is 83.3 cm³/mol. The Bertz CT molecular complexity index is 786. The molecule has 1 aliphatic heterocycles. The molecule has 0 unspecified atom stereocenters. The zero-order valence-electron chi connectivity index (χ0n) is 10.4. The van der Waals surface area contributed by atoms with Gasteiger partial charge in [0.2, 0.25) is 0 Å². The number of fused-ring (bicyclic) bond motifs is 3. The van der Waals surface area contributed by atoms with E-state index < -0.39 is 0 Å². The minimum atomic E-state index is 0.840. The van der Waals surface area contributed by atoms with Gasteiger partial charge >= 0.3 is 0 Å². The molecule has 0 atom stereocenters. The molecule has 0 fully saturated rings. The summed E-state index contributed by atoms with van der Waals surface area (Å²) in [6.45, 7) is 1.77. The van der Waals surface area contributed by atoms with Crippen LogP contribution in [0.25, 0.3) is 25.9 Å². The number of hydrogen-bond donors (Lipinski definition) is 2. The lowest BCUT2D eigenvalue weighted by atomic mass is 10.1. The van der Waals surface area contributed by atoms with Crippen LogP contribution in [0.1, 0.15) is 5.56 Å². The molecule has 3 heteroatoms. The molecule has 1 aromatic heterocycles. The first-order chi connectivity index (χ1) is 9.43. The van der Waals surface area contributed by atoms with Crippen LogP contribution in [0, 0.1) is 0 Å². The molecular formula is C16H14N2S. The van der Waals surface area contributed by atoms with E-state index in [9.17, 15) is 0 Å². The molecule has 94 valence electrons. The summed E-state index contributed by atoms with van der Waals surface area (Å²) in [5, 5.41) is 9.42. The maximum absolute atomic E-state index is 3.43. The van der Waals surface area contributed by atoms with E-state index in [1.165, 1.54) is 31.4 Å². The minimum Gasteiger partial charge on any atom is -0.372 e. The Morgan fingerprint density at radius 3 is 2.74 bits per heavy atom. The van der Waals surface area contributed by atoms with Crippen molar-refractivity contribution in [1.82, 2.24) is 10.6 Å². The number of hydrogen-bond acceptors (Lipinski definition) is 3. The number of nitrogens with one attached hydrogen (secondary N) is 2. The SMILES string of the molecule is C1=C(c2cccc3c2sc2ccccc23)NCNC1. The molecule has 2 aromatic carbocycles. The highest BCUT2D eigenvalue weighted by atomic mass is 32.1. The van der Waals surface area contributed by atoms with Crippen LogP contribution in [0.15, 0.2) is 48.5 Å². The third kappa shape index (κ3) is 1.74. The Morgan fingerprint density at radius 2 is 1.84 bits per heavy atom. The van der Waals surface area contributed by atoms with Crippen molar-refractivity contribution in [3.63, 3.8) is 0 Å². The molecule has 2 N–H and O–H groups in total. The summed E-state index contributed by atoms with van der Waals surface area (Å²) < 4.78 is 2.74. The van der Waals surface area contributed by atoms with Gasteiger partial charge in [-0.2, -0.15) is 0 Å². The Kier molecular flexibility index (Phi) is 2.53. The van der Waals surface area contributed by atoms with Gasteiger partial charge < -0.3 is 5.32 Å². The van der Waals surface area contributed by atoms with Crippen molar-refractivity contribution in [2.75, 3.05) is 13.2 Å². The van der Waals surface area contributed by atoms with Gasteiger partial charge in [0, 0.05) is 38.0 Å². The van der Waals surface area contributed by atoms with E-state index in [0.717, 1.165) is 13.2 Å². The standard InChI is InChI=1S/C16H14N2S/c1-2-7-15-11(4-1)12-5-3-6-13(16(12)19-15)14-8-9-17-10-18-14/h1-8,17-18H,9-10H2. The highest BCUT2D eigenvalue weighted by Gasteiger charge is 2.12. The van der Waals surface area contributed by atoms with Gasteiger partial charge in [-0.15, -0.1) is 11.3 Å². The smallest absolute Gasteiger partial charge is 0.0655 e. The van der Waals surface area contributed by atoms with Crippen molar-refractivity contribution in [3.8, 4) is 0 Å². The van der Waals surface area contributed by atoms with E-state index in [2.05, 4.69) is 59.2 Å². The number of benzene rings is 2. The normalized spacial score (nSPS) is 15.5. The zero-order valence-corrected chi connectivity index (χ0v) is 11.3. The Morgan fingerprint density at radius 1 is 0.947 bits per heavy atom. The molecule has 0 saturated carbocycles. The summed E-state index contributed by atoms with van der Waals surface area (Å²) in [7, 11) is 0. The summed E-state index contributed by atoms with van der Waals surface area (Å²) in [6.07, 6.45) is 2.22. The highest BCUT2D eigenvalue weighted by Crippen LogP contribution is 2.37. The summed E-state index contributed by atoms with van der Waals surface area (Å²) in [5.74, 6) is 0. The van der Waals surface area contributed by atoms with Crippen LogP contribution in [0.5, 0.6) is 0 Å². The third-order valence-electron chi connectivity index (χ3n) is 3.55. The third-order valence-corrected chi connectivity index (χ3v) is 4.77. The summed E-state index contributed by atoms with van der Waals surface area (Å²) in [5.41, 5.74) is 2.57. The molecular weight excluding hydrogens is 252 g/mol. The van der Waals surface area contributed by atoms with Crippen LogP contribution in [0.3, 0.4) is 0 Å². The van der Waals surface area contributed by atoms with E-state index in [1.54, 1.807) is 0 Å². The second-order valence-electron chi connectivity index (χ2n) is 4.71. The van der Waals surface area contributed by atoms with Gasteiger partial charge in [-0.3, -0.25) is 5.32 Å². The quantitative estimate of drug-likeness (QED) is 0.704. The van der Waals surface area contributed by atoms with E-state index >= 15 is 0 Å². The Hall–Kier alpha value is -1.84. The largest absolute Gasteiger partial charge is 0.372 e. The van der Waals surface area contributed by atoms with E-state index in [1.807, 2.05) is 11.3 Å². The predicted octanol–water partition coefficient (Wildman–Crippen LogP) is 3.55. The van der Waals surface area contributed by atoms with Gasteiger partial charge in [0.25, 0.3) is 0 Å². The zero-order chi connectivity index (χ0) is 12.7. The lowest BCUT2D eigenvalue weighted by molar-refractivity contribution is 0.683. The molecule has 4 rings (SSSR count). The van der Waals surface area contributed by atoms with Crippen LogP contribution in [0.2, 0.25) is 0 Å². The van der Waals surface area contributed by atoms with Crippen molar-refractivity contribution >= 4 is 37.2 Å². The van der Waals surface area contributed by atoms with Crippen molar-refractivity contribution in [2.24, 2.45) is 0 Å². The highest BCUT2D eigenvalue weighted by molar-refractivity contribution is 7.26. The lowest BCUT2D eigenvalue weighted by Crippen LogP contribution is -2.32. The molecule has 0 bridgehead atoms. The monoisotopic (exact) mass is 266 g/mol. The van der Waals surface area contributed by atoms with Crippen LogP contribution in [0.4, 0.5) is 0 Å². The molecule has 19 heavy (non-hydrogen) atoms. The first kappa shape index (κ1) is 11.0. The van der Waals surface area contributed by atoms with E-state index in [0.29, 0.717) is 0 Å². The summed E-state index contributed by atoms with van der Waals surface area (Å²) >= 11 is 1.88. The van der Waals surface area contributed by atoms with Gasteiger partial charge in [0.05, 0.1) is 6.67 Å². The molecule has 0 aliphatic carbocycles. The fourth-order valence-corrected chi connectivity index (χ4v) is 3.87. The molecule has 1 aliphatic rings. The Labute approximate surface area is 115 Å². The van der Waals surface area contributed by atoms with Crippen molar-refractivity contribution in [2.45, 2.75) is 0 Å². The lowest BCUT2D eigenvalue weighted by Gasteiger charge is -2.17. The molecule has 3 aromatic rings. The molecule has 0 spiro atoms. The first-order valence-electron chi connectivity index (χ1n) is 6.49. The van der Waals surface area contributed by atoms with E-state index in [4.69, 9.17) is 0 Å². The average molecular weight is 266 g/mol. The molecule has 0 saturated heterocycles. The molecule has 2 heterocycles. The Balaban J connectivity index is 2.03. The second kappa shape index (κ2) is 4.37. The minimum absolute atomic E-state index is 0.840. The first-order valence-corrected chi connectivity index (χ1v) is 7.30. The fourth-order valence-electron chi connectivity index (χ4n) is 2.64. The summed E-state index contributed by atoms with van der Waals surface area (Å²) in [6, 6.07) is 15.2. The van der Waals surface area contributed by atoms with Crippen LogP contribution < -0.4 is 10.6 Å². The van der Waals surface area contributed by atoms with Crippen LogP contribution in [-0.2, 0) is 0 Å². The maximum Gasteiger partial charge on any atom is 0.0655 e. The number of rotatable bonds is 1. The topological polar surface area (TPSA) is 24.1 Å². The van der Waals surface area contributed by atoms with E-state index in [-0.39, 0.29) is 0 Å². The van der Waals surface area contributed by atoms with Crippen molar-refractivity contribution in [1.29, 1.82) is 0 Å². The van der Waals surface area contributed by atoms with Gasteiger partial charge in [-0.25, -0.2) is 0 Å². The van der Waals surface area contributed by atoms with Gasteiger partial charge in [-0.1, -0.05) is 36.4 Å². The van der Waals surface area contributed by atoms with Crippen molar-refractivity contribution < 1.29 is 0 Å².